The van der Waals surface area contributed by atoms with Crippen molar-refractivity contribution in [1.82, 2.24) is 29.6 Å². The number of imidazole rings is 1. The molecule has 96 valence electrons. The molecule has 1 aliphatic carbocycles. The van der Waals surface area contributed by atoms with Crippen LogP contribution in [0.1, 0.15) is 30.2 Å². The second-order valence-electron chi connectivity index (χ2n) is 4.84. The summed E-state index contributed by atoms with van der Waals surface area (Å²) in [6.07, 6.45) is 6.14. The number of nitrogens with zero attached hydrogens (tertiary/aromatic N) is 5. The van der Waals surface area contributed by atoms with Crippen LogP contribution in [0.4, 0.5) is 0 Å². The lowest BCUT2D eigenvalue weighted by Crippen LogP contribution is -2.19. The second-order valence-corrected chi connectivity index (χ2v) is 4.84. The highest BCUT2D eigenvalue weighted by atomic mass is 15.3. The topological polar surface area (TPSA) is 60.6 Å². The van der Waals surface area contributed by atoms with E-state index in [0.717, 1.165) is 24.7 Å². The normalized spacial score (nSPS) is 15.2. The minimum absolute atomic E-state index is 0.712. The molecule has 2 heterocycles. The van der Waals surface area contributed by atoms with Crippen molar-refractivity contribution in [2.45, 2.75) is 38.9 Å². The highest BCUT2D eigenvalue weighted by Crippen LogP contribution is 2.19. The highest BCUT2D eigenvalue weighted by molar-refractivity contribution is 5.07. The van der Waals surface area contributed by atoms with Gasteiger partial charge >= 0.3 is 0 Å². The number of aromatic nitrogens is 5. The molecule has 0 unspecified atom stereocenters. The maximum absolute atomic E-state index is 4.39. The molecule has 1 saturated carbocycles. The molecule has 18 heavy (non-hydrogen) atoms. The number of hydrogen-bond donors (Lipinski definition) is 1. The molecule has 2 aromatic rings. The summed E-state index contributed by atoms with van der Waals surface area (Å²) in [4.78, 5) is 8.65. The van der Waals surface area contributed by atoms with Gasteiger partial charge in [0, 0.05) is 25.8 Å². The molecule has 0 amide bonds. The van der Waals surface area contributed by atoms with Gasteiger partial charge in [0.1, 0.15) is 18.0 Å². The zero-order valence-corrected chi connectivity index (χ0v) is 10.8. The Morgan fingerprint density at radius 1 is 1.39 bits per heavy atom. The molecule has 6 heteroatoms. The lowest BCUT2D eigenvalue weighted by atomic mass is 10.4. The fraction of sp³-hybridized carbons (Fsp3) is 0.583. The molecule has 1 aliphatic rings. The summed E-state index contributed by atoms with van der Waals surface area (Å²) in [5.41, 5.74) is 1.21. The Hall–Kier alpha value is -1.69. The third kappa shape index (κ3) is 2.28. The lowest BCUT2D eigenvalue weighted by molar-refractivity contribution is 0.594. The SMILES string of the molecule is Cc1ncc(CNC2CC2)n1Cc1ncnn1C. The molecule has 2 aromatic heterocycles. The Bertz CT molecular complexity index is 537. The van der Waals surface area contributed by atoms with Crippen molar-refractivity contribution in [2.24, 2.45) is 7.05 Å². The van der Waals surface area contributed by atoms with Gasteiger partial charge in [-0.15, -0.1) is 0 Å². The fourth-order valence-electron chi connectivity index (χ4n) is 2.01. The summed E-state index contributed by atoms with van der Waals surface area (Å²) < 4.78 is 4.00. The zero-order valence-electron chi connectivity index (χ0n) is 10.8. The van der Waals surface area contributed by atoms with Crippen LogP contribution in [0.15, 0.2) is 12.5 Å². The first-order valence-electron chi connectivity index (χ1n) is 6.31. The van der Waals surface area contributed by atoms with E-state index < -0.39 is 0 Å². The van der Waals surface area contributed by atoms with E-state index in [-0.39, 0.29) is 0 Å². The molecule has 0 saturated heterocycles. The molecule has 6 nitrogen and oxygen atoms in total. The van der Waals surface area contributed by atoms with Crippen LogP contribution in [0.25, 0.3) is 0 Å². The van der Waals surface area contributed by atoms with Gasteiger partial charge in [0.25, 0.3) is 0 Å². The predicted octanol–water partition coefficient (Wildman–Crippen LogP) is 0.620. The van der Waals surface area contributed by atoms with E-state index in [0.29, 0.717) is 6.04 Å². The summed E-state index contributed by atoms with van der Waals surface area (Å²) in [6, 6.07) is 0.712. The number of hydrogen-bond acceptors (Lipinski definition) is 4. The summed E-state index contributed by atoms with van der Waals surface area (Å²) in [5.74, 6) is 1.97. The van der Waals surface area contributed by atoms with E-state index in [2.05, 4.69) is 25.0 Å². The van der Waals surface area contributed by atoms with Crippen LogP contribution in [0, 0.1) is 6.92 Å². The quantitative estimate of drug-likeness (QED) is 0.840. The third-order valence-electron chi connectivity index (χ3n) is 3.39. The van der Waals surface area contributed by atoms with E-state index in [4.69, 9.17) is 0 Å². The van der Waals surface area contributed by atoms with E-state index in [1.165, 1.54) is 18.5 Å². The Morgan fingerprint density at radius 2 is 2.22 bits per heavy atom. The average molecular weight is 246 g/mol. The van der Waals surface area contributed by atoms with Gasteiger partial charge in [0.15, 0.2) is 0 Å². The molecule has 0 bridgehead atoms. The van der Waals surface area contributed by atoms with Crippen molar-refractivity contribution < 1.29 is 0 Å². The van der Waals surface area contributed by atoms with Crippen molar-refractivity contribution in [1.29, 1.82) is 0 Å². The standard InChI is InChI=1S/C12H18N6/c1-9-13-5-11(6-14-10-3-4-10)18(9)7-12-15-8-16-17(12)2/h5,8,10,14H,3-4,6-7H2,1-2H3. The second kappa shape index (κ2) is 4.53. The first kappa shape index (κ1) is 11.4. The smallest absolute Gasteiger partial charge is 0.146 e. The molecule has 0 radical (unpaired) electrons. The first-order valence-corrected chi connectivity index (χ1v) is 6.31. The van der Waals surface area contributed by atoms with Crippen molar-refractivity contribution in [3.05, 3.63) is 29.9 Å². The minimum Gasteiger partial charge on any atom is -0.323 e. The number of nitrogens with one attached hydrogen (secondary N) is 1. The van der Waals surface area contributed by atoms with E-state index >= 15 is 0 Å². The summed E-state index contributed by atoms with van der Waals surface area (Å²) in [5, 5.41) is 7.61. The van der Waals surface area contributed by atoms with E-state index in [9.17, 15) is 0 Å². The molecule has 1 fully saturated rings. The van der Waals surface area contributed by atoms with Gasteiger partial charge in [-0.2, -0.15) is 5.10 Å². The Balaban J connectivity index is 1.76. The number of aryl methyl sites for hydroxylation is 2. The van der Waals surface area contributed by atoms with Gasteiger partial charge in [-0.1, -0.05) is 0 Å². The highest BCUT2D eigenvalue weighted by Gasteiger charge is 2.21. The molecule has 1 N–H and O–H groups in total. The van der Waals surface area contributed by atoms with Crippen LogP contribution in [0.2, 0.25) is 0 Å². The van der Waals surface area contributed by atoms with Gasteiger partial charge in [-0.25, -0.2) is 9.97 Å². The summed E-state index contributed by atoms with van der Waals surface area (Å²) in [6.45, 7) is 3.63. The van der Waals surface area contributed by atoms with Crippen LogP contribution in [0.5, 0.6) is 0 Å². The molecule has 0 spiro atoms. The molecular formula is C12H18N6. The zero-order chi connectivity index (χ0) is 12.5. The molecule has 0 aliphatic heterocycles. The Morgan fingerprint density at radius 3 is 2.89 bits per heavy atom. The van der Waals surface area contributed by atoms with E-state index in [1.54, 1.807) is 11.0 Å². The minimum atomic E-state index is 0.712. The summed E-state index contributed by atoms with van der Waals surface area (Å²) in [7, 11) is 1.91. The Labute approximate surface area is 106 Å². The average Bonchev–Trinajstić information content (AvgIpc) is 3.01. The Kier molecular flexibility index (Phi) is 2.87. The molecule has 3 rings (SSSR count). The van der Waals surface area contributed by atoms with Crippen molar-refractivity contribution in [3.63, 3.8) is 0 Å². The van der Waals surface area contributed by atoms with Crippen LogP contribution in [-0.2, 0) is 20.1 Å². The summed E-state index contributed by atoms with van der Waals surface area (Å²) >= 11 is 0. The third-order valence-corrected chi connectivity index (χ3v) is 3.39. The van der Waals surface area contributed by atoms with Crippen LogP contribution in [0.3, 0.4) is 0 Å². The van der Waals surface area contributed by atoms with Gasteiger partial charge in [-0.3, -0.25) is 4.68 Å². The van der Waals surface area contributed by atoms with Gasteiger partial charge < -0.3 is 9.88 Å². The van der Waals surface area contributed by atoms with Crippen LogP contribution >= 0.6 is 0 Å². The molecular weight excluding hydrogens is 228 g/mol. The molecule has 0 aromatic carbocycles. The largest absolute Gasteiger partial charge is 0.323 e. The lowest BCUT2D eigenvalue weighted by Gasteiger charge is -2.10. The monoisotopic (exact) mass is 246 g/mol. The van der Waals surface area contributed by atoms with Crippen molar-refractivity contribution in [2.75, 3.05) is 0 Å². The maximum atomic E-state index is 4.39. The first-order chi connectivity index (χ1) is 8.74. The van der Waals surface area contributed by atoms with Crippen LogP contribution in [-0.4, -0.2) is 30.4 Å². The van der Waals surface area contributed by atoms with Crippen molar-refractivity contribution >= 4 is 0 Å². The van der Waals surface area contributed by atoms with Gasteiger partial charge in [-0.05, 0) is 19.8 Å². The molecule has 0 atom stereocenters. The van der Waals surface area contributed by atoms with Gasteiger partial charge in [0.2, 0.25) is 0 Å². The van der Waals surface area contributed by atoms with Crippen molar-refractivity contribution in [3.8, 4) is 0 Å². The van der Waals surface area contributed by atoms with E-state index in [1.807, 2.05) is 20.2 Å². The number of rotatable bonds is 5. The maximum Gasteiger partial charge on any atom is 0.146 e. The van der Waals surface area contributed by atoms with Gasteiger partial charge in [0.05, 0.1) is 12.2 Å². The predicted molar refractivity (Wildman–Crippen MR) is 66.9 cm³/mol. The fourth-order valence-corrected chi connectivity index (χ4v) is 2.01. The van der Waals surface area contributed by atoms with Crippen LogP contribution < -0.4 is 5.32 Å².